The van der Waals surface area contributed by atoms with Gasteiger partial charge in [-0.25, -0.2) is 4.98 Å². The van der Waals surface area contributed by atoms with Crippen LogP contribution in [0.4, 0.5) is 0 Å². The van der Waals surface area contributed by atoms with Gasteiger partial charge in [-0.3, -0.25) is 9.36 Å². The summed E-state index contributed by atoms with van der Waals surface area (Å²) >= 11 is 6.56. The van der Waals surface area contributed by atoms with Crippen molar-refractivity contribution in [2.24, 2.45) is 0 Å². The van der Waals surface area contributed by atoms with Crippen molar-refractivity contribution in [1.29, 1.82) is 0 Å². The molecule has 0 atom stereocenters. The molecule has 0 radical (unpaired) electrons. The standard InChI is InChI=1S/C23H27ClN4O/c1-22(2)12-16(13-23(3,4)27-22)26-21(29)15-9-10-19(17(24)11-15)28-14-25-18-7-5-6-8-20(18)28/h5-11,14,16,27H,12-13H2,1-4H3,(H,26,29). The predicted octanol–water partition coefficient (Wildman–Crippen LogP) is 4.72. The monoisotopic (exact) mass is 410 g/mol. The van der Waals surface area contributed by atoms with E-state index in [1.54, 1.807) is 12.4 Å². The number of amides is 1. The first-order valence-electron chi connectivity index (χ1n) is 9.96. The van der Waals surface area contributed by atoms with Crippen LogP contribution in [0.2, 0.25) is 5.02 Å². The zero-order chi connectivity index (χ0) is 20.8. The highest BCUT2D eigenvalue weighted by molar-refractivity contribution is 6.32. The van der Waals surface area contributed by atoms with Crippen LogP contribution in [-0.2, 0) is 0 Å². The Morgan fingerprint density at radius 3 is 2.52 bits per heavy atom. The van der Waals surface area contributed by atoms with Crippen molar-refractivity contribution >= 4 is 28.5 Å². The predicted molar refractivity (Wildman–Crippen MR) is 118 cm³/mol. The van der Waals surface area contributed by atoms with Crippen LogP contribution in [0.25, 0.3) is 16.7 Å². The molecule has 29 heavy (non-hydrogen) atoms. The summed E-state index contributed by atoms with van der Waals surface area (Å²) in [7, 11) is 0. The third kappa shape index (κ3) is 4.16. The Bertz CT molecular complexity index is 1050. The number of nitrogens with one attached hydrogen (secondary N) is 2. The van der Waals surface area contributed by atoms with Gasteiger partial charge in [0.1, 0.15) is 6.33 Å². The number of hydrogen-bond acceptors (Lipinski definition) is 3. The summed E-state index contributed by atoms with van der Waals surface area (Å²) in [6, 6.07) is 13.4. The van der Waals surface area contributed by atoms with Crippen LogP contribution in [0.15, 0.2) is 48.8 Å². The number of fused-ring (bicyclic) bond motifs is 1. The van der Waals surface area contributed by atoms with Gasteiger partial charge in [-0.2, -0.15) is 0 Å². The first-order chi connectivity index (χ1) is 13.6. The molecule has 2 heterocycles. The first kappa shape index (κ1) is 19.9. The minimum absolute atomic E-state index is 0.0241. The van der Waals surface area contributed by atoms with E-state index in [9.17, 15) is 4.79 Å². The third-order valence-corrected chi connectivity index (χ3v) is 5.75. The number of aromatic nitrogens is 2. The summed E-state index contributed by atoms with van der Waals surface area (Å²) < 4.78 is 1.94. The zero-order valence-corrected chi connectivity index (χ0v) is 18.0. The highest BCUT2D eigenvalue weighted by Gasteiger charge is 2.38. The minimum atomic E-state index is -0.0903. The van der Waals surface area contributed by atoms with Crippen LogP contribution >= 0.6 is 11.6 Å². The molecule has 1 amide bonds. The van der Waals surface area contributed by atoms with Crippen LogP contribution in [0.5, 0.6) is 0 Å². The Morgan fingerprint density at radius 2 is 1.83 bits per heavy atom. The molecular weight excluding hydrogens is 384 g/mol. The summed E-state index contributed by atoms with van der Waals surface area (Å²) in [6.07, 6.45) is 3.52. The molecule has 1 aliphatic heterocycles. The molecule has 1 saturated heterocycles. The summed E-state index contributed by atoms with van der Waals surface area (Å²) in [5, 5.41) is 7.36. The maximum atomic E-state index is 12.9. The Kier molecular flexibility index (Phi) is 4.91. The smallest absolute Gasteiger partial charge is 0.251 e. The van der Waals surface area contributed by atoms with Gasteiger partial charge >= 0.3 is 0 Å². The van der Waals surface area contributed by atoms with Gasteiger partial charge in [0.15, 0.2) is 0 Å². The lowest BCUT2D eigenvalue weighted by Crippen LogP contribution is -2.62. The Hall–Kier alpha value is -2.37. The first-order valence-corrected chi connectivity index (χ1v) is 10.3. The fourth-order valence-electron chi connectivity index (χ4n) is 4.69. The van der Waals surface area contributed by atoms with E-state index in [1.165, 1.54) is 0 Å². The molecule has 1 aliphatic rings. The van der Waals surface area contributed by atoms with Crippen molar-refractivity contribution in [3.8, 4) is 5.69 Å². The van der Waals surface area contributed by atoms with Crippen molar-refractivity contribution < 1.29 is 4.79 Å². The van der Waals surface area contributed by atoms with E-state index in [2.05, 4.69) is 43.3 Å². The van der Waals surface area contributed by atoms with Gasteiger partial charge in [-0.15, -0.1) is 0 Å². The quantitative estimate of drug-likeness (QED) is 0.656. The van der Waals surface area contributed by atoms with Crippen LogP contribution in [0.3, 0.4) is 0 Å². The van der Waals surface area contributed by atoms with E-state index in [0.717, 1.165) is 29.6 Å². The lowest BCUT2D eigenvalue weighted by Gasteiger charge is -2.46. The summed E-state index contributed by atoms with van der Waals surface area (Å²) in [6.45, 7) is 8.70. The number of carbonyl (C=O) groups excluding carboxylic acids is 1. The van der Waals surface area contributed by atoms with Crippen molar-refractivity contribution in [3.05, 3.63) is 59.4 Å². The highest BCUT2D eigenvalue weighted by atomic mass is 35.5. The summed E-state index contributed by atoms with van der Waals surface area (Å²) in [4.78, 5) is 17.3. The molecule has 2 N–H and O–H groups in total. The van der Waals surface area contributed by atoms with Gasteiger partial charge in [-0.1, -0.05) is 23.7 Å². The molecule has 3 aromatic rings. The zero-order valence-electron chi connectivity index (χ0n) is 17.3. The van der Waals surface area contributed by atoms with E-state index in [-0.39, 0.29) is 23.0 Å². The van der Waals surface area contributed by atoms with Crippen molar-refractivity contribution in [1.82, 2.24) is 20.2 Å². The van der Waals surface area contributed by atoms with Crippen molar-refractivity contribution in [2.75, 3.05) is 0 Å². The number of halogens is 1. The second-order valence-electron chi connectivity index (χ2n) is 9.24. The van der Waals surface area contributed by atoms with Crippen LogP contribution in [-0.4, -0.2) is 32.6 Å². The molecule has 0 bridgehead atoms. The van der Waals surface area contributed by atoms with Crippen LogP contribution in [0.1, 0.15) is 50.9 Å². The van der Waals surface area contributed by atoms with Crippen molar-refractivity contribution in [3.63, 3.8) is 0 Å². The van der Waals surface area contributed by atoms with Crippen LogP contribution in [0, 0.1) is 0 Å². The molecule has 0 aliphatic carbocycles. The Balaban J connectivity index is 1.56. The van der Waals surface area contributed by atoms with Crippen LogP contribution < -0.4 is 10.6 Å². The molecule has 5 nitrogen and oxygen atoms in total. The molecule has 1 fully saturated rings. The fourth-order valence-corrected chi connectivity index (χ4v) is 4.96. The maximum Gasteiger partial charge on any atom is 0.251 e. The number of rotatable bonds is 3. The third-order valence-electron chi connectivity index (χ3n) is 5.45. The topological polar surface area (TPSA) is 59.0 Å². The fraction of sp³-hybridized carbons (Fsp3) is 0.391. The lowest BCUT2D eigenvalue weighted by molar-refractivity contribution is 0.0873. The number of imidazole rings is 1. The normalized spacial score (nSPS) is 18.7. The molecule has 152 valence electrons. The molecule has 6 heteroatoms. The van der Waals surface area contributed by atoms with Gasteiger partial charge in [-0.05, 0) is 70.9 Å². The van der Waals surface area contributed by atoms with Crippen molar-refractivity contribution in [2.45, 2.75) is 57.7 Å². The number of para-hydroxylation sites is 2. The highest BCUT2D eigenvalue weighted by Crippen LogP contribution is 2.29. The molecule has 0 unspecified atom stereocenters. The molecule has 2 aromatic carbocycles. The van der Waals surface area contributed by atoms with E-state index >= 15 is 0 Å². The van der Waals surface area contributed by atoms with Gasteiger partial charge in [0.25, 0.3) is 5.91 Å². The molecule has 0 spiro atoms. The minimum Gasteiger partial charge on any atom is -0.349 e. The van der Waals surface area contributed by atoms with E-state index < -0.39 is 0 Å². The summed E-state index contributed by atoms with van der Waals surface area (Å²) in [5.74, 6) is -0.0903. The van der Waals surface area contributed by atoms with Gasteiger partial charge in [0, 0.05) is 22.7 Å². The largest absolute Gasteiger partial charge is 0.349 e. The number of piperidine rings is 1. The lowest BCUT2D eigenvalue weighted by atomic mass is 9.79. The molecule has 1 aromatic heterocycles. The van der Waals surface area contributed by atoms with Gasteiger partial charge < -0.3 is 10.6 Å². The molecule has 4 rings (SSSR count). The Morgan fingerprint density at radius 1 is 1.14 bits per heavy atom. The number of nitrogens with zero attached hydrogens (tertiary/aromatic N) is 2. The average Bonchev–Trinajstić information content (AvgIpc) is 3.02. The molecule has 0 saturated carbocycles. The SMILES string of the molecule is CC1(C)CC(NC(=O)c2ccc(-n3cnc4ccccc43)c(Cl)c2)CC(C)(C)N1. The van der Waals surface area contributed by atoms with Gasteiger partial charge in [0.05, 0.1) is 21.7 Å². The van der Waals surface area contributed by atoms with E-state index in [4.69, 9.17) is 11.6 Å². The van der Waals surface area contributed by atoms with E-state index in [0.29, 0.717) is 10.6 Å². The van der Waals surface area contributed by atoms with Gasteiger partial charge in [0.2, 0.25) is 0 Å². The maximum absolute atomic E-state index is 12.9. The summed E-state index contributed by atoms with van der Waals surface area (Å²) in [5.41, 5.74) is 3.21. The number of carbonyl (C=O) groups is 1. The second kappa shape index (κ2) is 7.15. The molecular formula is C23H27ClN4O. The Labute approximate surface area is 176 Å². The number of benzene rings is 2. The van der Waals surface area contributed by atoms with E-state index in [1.807, 2.05) is 41.0 Å². The average molecular weight is 411 g/mol. The number of hydrogen-bond donors (Lipinski definition) is 2. The second-order valence-corrected chi connectivity index (χ2v) is 9.65.